The predicted octanol–water partition coefficient (Wildman–Crippen LogP) is 2.97. The molecule has 1 aliphatic rings. The van der Waals surface area contributed by atoms with Gasteiger partial charge in [0.25, 0.3) is 0 Å². The Morgan fingerprint density at radius 1 is 0.935 bits per heavy atom. The number of anilines is 1. The predicted molar refractivity (Wildman–Crippen MR) is 124 cm³/mol. The van der Waals surface area contributed by atoms with Crippen molar-refractivity contribution in [2.24, 2.45) is 0 Å². The van der Waals surface area contributed by atoms with Crippen LogP contribution in [0.3, 0.4) is 0 Å². The molecule has 7 nitrogen and oxygen atoms in total. The van der Waals surface area contributed by atoms with Crippen molar-refractivity contribution < 1.29 is 17.9 Å². The SMILES string of the molecule is CCCOc1ccc(S(=O)(=O)NCCCN2CCN(c3ccc(OC)cc3)CC2)cc1. The second-order valence-electron chi connectivity index (χ2n) is 7.60. The number of sulfonamides is 1. The Balaban J connectivity index is 1.37. The lowest BCUT2D eigenvalue weighted by Crippen LogP contribution is -2.47. The number of hydrogen-bond donors (Lipinski definition) is 1. The van der Waals surface area contributed by atoms with E-state index in [-0.39, 0.29) is 4.90 Å². The zero-order chi connectivity index (χ0) is 22.1. The summed E-state index contributed by atoms with van der Waals surface area (Å²) < 4.78 is 38.4. The number of rotatable bonds is 11. The van der Waals surface area contributed by atoms with Crippen LogP contribution in [0.25, 0.3) is 0 Å². The highest BCUT2D eigenvalue weighted by molar-refractivity contribution is 7.89. The molecule has 3 rings (SSSR count). The van der Waals surface area contributed by atoms with Crippen LogP contribution in [0.1, 0.15) is 19.8 Å². The van der Waals surface area contributed by atoms with Crippen LogP contribution in [0.4, 0.5) is 5.69 Å². The molecule has 0 amide bonds. The third kappa shape index (κ3) is 6.85. The molecule has 170 valence electrons. The molecule has 1 saturated heterocycles. The molecular formula is C23H33N3O4S. The van der Waals surface area contributed by atoms with Gasteiger partial charge in [-0.1, -0.05) is 6.92 Å². The number of methoxy groups -OCH3 is 1. The van der Waals surface area contributed by atoms with E-state index in [1.54, 1.807) is 31.4 Å². The van der Waals surface area contributed by atoms with E-state index >= 15 is 0 Å². The highest BCUT2D eigenvalue weighted by atomic mass is 32.2. The molecule has 1 heterocycles. The highest BCUT2D eigenvalue weighted by Crippen LogP contribution is 2.20. The fraction of sp³-hybridized carbons (Fsp3) is 0.478. The van der Waals surface area contributed by atoms with Gasteiger partial charge in [0.05, 0.1) is 18.6 Å². The first-order chi connectivity index (χ1) is 15.0. The second kappa shape index (κ2) is 11.4. The molecule has 1 N–H and O–H groups in total. The van der Waals surface area contributed by atoms with Crippen molar-refractivity contribution >= 4 is 15.7 Å². The van der Waals surface area contributed by atoms with Gasteiger partial charge in [-0.05, 0) is 67.9 Å². The lowest BCUT2D eigenvalue weighted by Gasteiger charge is -2.36. The molecule has 0 spiro atoms. The second-order valence-corrected chi connectivity index (χ2v) is 9.36. The number of piperazine rings is 1. The standard InChI is InChI=1S/C23H33N3O4S/c1-3-19-30-22-9-11-23(12-10-22)31(27,28)24-13-4-14-25-15-17-26(18-16-25)20-5-7-21(29-2)8-6-20/h5-12,24H,3-4,13-19H2,1-2H3. The average molecular weight is 448 g/mol. The Morgan fingerprint density at radius 3 is 2.19 bits per heavy atom. The van der Waals surface area contributed by atoms with Gasteiger partial charge in [-0.15, -0.1) is 0 Å². The molecular weight excluding hydrogens is 414 g/mol. The van der Waals surface area contributed by atoms with Crippen LogP contribution in [0.5, 0.6) is 11.5 Å². The monoisotopic (exact) mass is 447 g/mol. The topological polar surface area (TPSA) is 71.1 Å². The van der Waals surface area contributed by atoms with E-state index < -0.39 is 10.0 Å². The summed E-state index contributed by atoms with van der Waals surface area (Å²) >= 11 is 0. The van der Waals surface area contributed by atoms with E-state index in [4.69, 9.17) is 9.47 Å². The molecule has 0 saturated carbocycles. The summed E-state index contributed by atoms with van der Waals surface area (Å²) in [5.41, 5.74) is 1.21. The molecule has 1 fully saturated rings. The van der Waals surface area contributed by atoms with Crippen molar-refractivity contribution in [2.45, 2.75) is 24.7 Å². The first kappa shape index (κ1) is 23.4. The van der Waals surface area contributed by atoms with Gasteiger partial charge >= 0.3 is 0 Å². The smallest absolute Gasteiger partial charge is 0.240 e. The van der Waals surface area contributed by atoms with Crippen molar-refractivity contribution in [3.63, 3.8) is 0 Å². The van der Waals surface area contributed by atoms with Gasteiger partial charge < -0.3 is 14.4 Å². The third-order valence-corrected chi connectivity index (χ3v) is 6.84. The van der Waals surface area contributed by atoms with Gasteiger partial charge in [0.1, 0.15) is 11.5 Å². The van der Waals surface area contributed by atoms with E-state index in [0.717, 1.165) is 51.3 Å². The Hall–Kier alpha value is -2.29. The largest absolute Gasteiger partial charge is 0.497 e. The van der Waals surface area contributed by atoms with Crippen molar-refractivity contribution in [3.05, 3.63) is 48.5 Å². The van der Waals surface area contributed by atoms with Gasteiger partial charge in [0.15, 0.2) is 0 Å². The summed E-state index contributed by atoms with van der Waals surface area (Å²) in [4.78, 5) is 5.02. The summed E-state index contributed by atoms with van der Waals surface area (Å²) in [5, 5.41) is 0. The van der Waals surface area contributed by atoms with Gasteiger partial charge in [0, 0.05) is 38.4 Å². The summed E-state index contributed by atoms with van der Waals surface area (Å²) in [5.74, 6) is 1.56. The molecule has 0 unspecified atom stereocenters. The molecule has 1 aliphatic heterocycles. The van der Waals surface area contributed by atoms with Crippen molar-refractivity contribution in [2.75, 3.05) is 57.9 Å². The molecule has 8 heteroatoms. The number of nitrogens with zero attached hydrogens (tertiary/aromatic N) is 2. The fourth-order valence-electron chi connectivity index (χ4n) is 3.55. The Morgan fingerprint density at radius 2 is 1.58 bits per heavy atom. The number of nitrogens with one attached hydrogen (secondary N) is 1. The quantitative estimate of drug-likeness (QED) is 0.534. The van der Waals surface area contributed by atoms with E-state index in [2.05, 4.69) is 26.7 Å². The maximum Gasteiger partial charge on any atom is 0.240 e. The normalized spacial score (nSPS) is 15.1. The lowest BCUT2D eigenvalue weighted by molar-refractivity contribution is 0.255. The van der Waals surface area contributed by atoms with Crippen LogP contribution < -0.4 is 19.1 Å². The first-order valence-electron chi connectivity index (χ1n) is 10.9. The molecule has 2 aromatic carbocycles. The molecule has 0 radical (unpaired) electrons. The van der Waals surface area contributed by atoms with E-state index in [0.29, 0.717) is 18.9 Å². The highest BCUT2D eigenvalue weighted by Gasteiger charge is 2.18. The lowest BCUT2D eigenvalue weighted by atomic mass is 10.2. The molecule has 0 aliphatic carbocycles. The third-order valence-electron chi connectivity index (χ3n) is 5.36. The number of ether oxygens (including phenoxy) is 2. The van der Waals surface area contributed by atoms with Crippen LogP contribution in [0.15, 0.2) is 53.4 Å². The zero-order valence-electron chi connectivity index (χ0n) is 18.4. The van der Waals surface area contributed by atoms with E-state index in [1.165, 1.54) is 5.69 Å². The fourth-order valence-corrected chi connectivity index (χ4v) is 4.62. The van der Waals surface area contributed by atoms with Crippen LogP contribution in [0, 0.1) is 0 Å². The van der Waals surface area contributed by atoms with Gasteiger partial charge in [0.2, 0.25) is 10.0 Å². The maximum absolute atomic E-state index is 12.5. The van der Waals surface area contributed by atoms with Crippen LogP contribution in [-0.2, 0) is 10.0 Å². The Kier molecular flexibility index (Phi) is 8.57. The minimum Gasteiger partial charge on any atom is -0.497 e. The molecule has 2 aromatic rings. The van der Waals surface area contributed by atoms with Crippen molar-refractivity contribution in [1.29, 1.82) is 0 Å². The van der Waals surface area contributed by atoms with E-state index in [9.17, 15) is 8.42 Å². The first-order valence-corrected chi connectivity index (χ1v) is 12.3. The minimum absolute atomic E-state index is 0.268. The van der Waals surface area contributed by atoms with Crippen molar-refractivity contribution in [3.8, 4) is 11.5 Å². The maximum atomic E-state index is 12.5. The summed E-state index contributed by atoms with van der Waals surface area (Å²) in [7, 11) is -1.82. The number of benzene rings is 2. The number of hydrogen-bond acceptors (Lipinski definition) is 6. The Labute approximate surface area is 186 Å². The molecule has 0 bridgehead atoms. The molecule has 0 atom stereocenters. The average Bonchev–Trinajstić information content (AvgIpc) is 2.81. The summed E-state index contributed by atoms with van der Waals surface area (Å²) in [6.45, 7) is 7.82. The van der Waals surface area contributed by atoms with E-state index in [1.807, 2.05) is 19.1 Å². The molecule has 0 aromatic heterocycles. The van der Waals surface area contributed by atoms with Crippen LogP contribution >= 0.6 is 0 Å². The summed E-state index contributed by atoms with van der Waals surface area (Å²) in [6.07, 6.45) is 1.69. The zero-order valence-corrected chi connectivity index (χ0v) is 19.2. The summed E-state index contributed by atoms with van der Waals surface area (Å²) in [6, 6.07) is 14.7. The minimum atomic E-state index is -3.49. The van der Waals surface area contributed by atoms with Gasteiger partial charge in [-0.3, -0.25) is 4.90 Å². The van der Waals surface area contributed by atoms with Gasteiger partial charge in [-0.25, -0.2) is 13.1 Å². The van der Waals surface area contributed by atoms with Gasteiger partial charge in [-0.2, -0.15) is 0 Å². The van der Waals surface area contributed by atoms with Crippen LogP contribution in [-0.4, -0.2) is 66.3 Å². The molecule has 31 heavy (non-hydrogen) atoms. The van der Waals surface area contributed by atoms with Crippen molar-refractivity contribution in [1.82, 2.24) is 9.62 Å². The Bertz CT molecular complexity index is 893. The van der Waals surface area contributed by atoms with Crippen LogP contribution in [0.2, 0.25) is 0 Å².